The first-order valence-corrected chi connectivity index (χ1v) is 24.4. The molecule has 0 N–H and O–H groups in total. The van der Waals surface area contributed by atoms with Crippen LogP contribution in [0.3, 0.4) is 0 Å². The third-order valence-corrected chi connectivity index (χ3v) is 15.5. The van der Waals surface area contributed by atoms with Gasteiger partial charge in [-0.2, -0.15) is 0 Å². The van der Waals surface area contributed by atoms with E-state index in [1.807, 2.05) is 6.07 Å². The SMILES string of the molecule is C[C@@H]1CC2C[C@H](C)CC(c3nc(-c4ccccc4-n4c5ccccc5c5ccc6oc7ccccc7c6c54)nc(-c4cccc(-c5ccccc5)c4-n4c5ccccc5c5ccccc54)n3)(C2)C1. The molecule has 2 unspecified atom stereocenters. The van der Waals surface area contributed by atoms with E-state index in [1.165, 1.54) is 34.4 Å². The number of fused-ring (bicyclic) bond motifs is 12. The number of hydrogen-bond donors (Lipinski definition) is 0. The van der Waals surface area contributed by atoms with E-state index in [-0.39, 0.29) is 5.41 Å². The third-order valence-electron chi connectivity index (χ3n) is 15.5. The van der Waals surface area contributed by atoms with Gasteiger partial charge in [-0.15, -0.1) is 0 Å². The molecule has 0 amide bonds. The first-order chi connectivity index (χ1) is 33.5. The summed E-state index contributed by atoms with van der Waals surface area (Å²) < 4.78 is 11.4. The molecule has 0 radical (unpaired) electrons. The molecule has 12 aromatic rings. The molecule has 2 aliphatic carbocycles. The summed E-state index contributed by atoms with van der Waals surface area (Å²) in [6.07, 6.45) is 5.78. The van der Waals surface area contributed by atoms with Gasteiger partial charge in [-0.05, 0) is 110 Å². The van der Waals surface area contributed by atoms with Crippen LogP contribution < -0.4 is 0 Å². The van der Waals surface area contributed by atoms with Crippen LogP contribution in [-0.2, 0) is 5.41 Å². The predicted molar refractivity (Wildman–Crippen MR) is 279 cm³/mol. The second-order valence-electron chi connectivity index (χ2n) is 20.0. The summed E-state index contributed by atoms with van der Waals surface area (Å²) in [5.41, 5.74) is 12.4. The number of nitrogens with zero attached hydrogens (tertiary/aromatic N) is 5. The van der Waals surface area contributed by atoms with Crippen LogP contribution >= 0.6 is 0 Å². The summed E-state index contributed by atoms with van der Waals surface area (Å²) in [4.78, 5) is 17.3. The van der Waals surface area contributed by atoms with Crippen molar-refractivity contribution in [1.82, 2.24) is 24.1 Å². The maximum Gasteiger partial charge on any atom is 0.165 e. The van der Waals surface area contributed by atoms with Crippen LogP contribution in [0.5, 0.6) is 0 Å². The Labute approximate surface area is 394 Å². The highest BCUT2D eigenvalue weighted by Gasteiger charge is 2.48. The maximum absolute atomic E-state index is 6.55. The summed E-state index contributed by atoms with van der Waals surface area (Å²) in [5, 5.41) is 7.00. The molecule has 328 valence electrons. The van der Waals surface area contributed by atoms with E-state index in [2.05, 4.69) is 199 Å². The molecule has 4 heterocycles. The maximum atomic E-state index is 6.55. The van der Waals surface area contributed by atoms with Gasteiger partial charge in [0.1, 0.15) is 17.0 Å². The van der Waals surface area contributed by atoms with Crippen molar-refractivity contribution in [3.8, 4) is 45.3 Å². The molecule has 2 aliphatic rings. The fraction of sp³-hybridized carbons (Fsp3) is 0.177. The molecule has 2 fully saturated rings. The lowest BCUT2D eigenvalue weighted by Gasteiger charge is -2.49. The van der Waals surface area contributed by atoms with Crippen molar-refractivity contribution in [2.75, 3.05) is 0 Å². The molecule has 4 aromatic heterocycles. The average Bonchev–Trinajstić information content (AvgIpc) is 4.03. The van der Waals surface area contributed by atoms with E-state index in [4.69, 9.17) is 19.4 Å². The van der Waals surface area contributed by atoms with Gasteiger partial charge in [0.15, 0.2) is 11.6 Å². The highest BCUT2D eigenvalue weighted by Crippen LogP contribution is 2.54. The highest BCUT2D eigenvalue weighted by molar-refractivity contribution is 6.24. The number of aromatic nitrogens is 5. The van der Waals surface area contributed by atoms with Gasteiger partial charge in [-0.25, -0.2) is 15.0 Å². The quantitative estimate of drug-likeness (QED) is 0.167. The van der Waals surface area contributed by atoms with Crippen molar-refractivity contribution in [1.29, 1.82) is 0 Å². The fourth-order valence-electron chi connectivity index (χ4n) is 13.2. The highest BCUT2D eigenvalue weighted by atomic mass is 16.3. The lowest BCUT2D eigenvalue weighted by atomic mass is 9.56. The smallest absolute Gasteiger partial charge is 0.165 e. The van der Waals surface area contributed by atoms with Crippen LogP contribution in [0.25, 0.3) is 111 Å². The first-order valence-electron chi connectivity index (χ1n) is 24.4. The molecular formula is C62H49N5O. The first kappa shape index (κ1) is 39.3. The zero-order chi connectivity index (χ0) is 45.1. The zero-order valence-electron chi connectivity index (χ0n) is 38.2. The minimum atomic E-state index is -0.167. The van der Waals surface area contributed by atoms with E-state index >= 15 is 0 Å². The van der Waals surface area contributed by atoms with Gasteiger partial charge in [0.05, 0.1) is 38.8 Å². The predicted octanol–water partition coefficient (Wildman–Crippen LogP) is 16.1. The Morgan fingerprint density at radius 1 is 0.456 bits per heavy atom. The third kappa shape index (κ3) is 5.92. The van der Waals surface area contributed by atoms with Crippen LogP contribution in [0.15, 0.2) is 186 Å². The molecule has 8 aromatic carbocycles. The van der Waals surface area contributed by atoms with E-state index in [9.17, 15) is 0 Å². The van der Waals surface area contributed by atoms with Gasteiger partial charge in [0.25, 0.3) is 0 Å². The van der Waals surface area contributed by atoms with E-state index < -0.39 is 0 Å². The average molecular weight is 880 g/mol. The second kappa shape index (κ2) is 15.1. The van der Waals surface area contributed by atoms with Crippen molar-refractivity contribution in [2.24, 2.45) is 17.8 Å². The Kier molecular flexibility index (Phi) is 8.73. The van der Waals surface area contributed by atoms with E-state index in [0.717, 1.165) is 103 Å². The van der Waals surface area contributed by atoms with Crippen LogP contribution in [0, 0.1) is 17.8 Å². The summed E-state index contributed by atoms with van der Waals surface area (Å²) in [5.74, 6) is 4.13. The largest absolute Gasteiger partial charge is 0.456 e. The molecule has 2 saturated carbocycles. The number of benzene rings is 8. The number of furan rings is 1. The molecule has 68 heavy (non-hydrogen) atoms. The van der Waals surface area contributed by atoms with Gasteiger partial charge in [0, 0.05) is 49.0 Å². The van der Waals surface area contributed by atoms with Crippen LogP contribution in [0.1, 0.15) is 51.8 Å². The number of rotatable bonds is 6. The lowest BCUT2D eigenvalue weighted by Crippen LogP contribution is -2.43. The van der Waals surface area contributed by atoms with Crippen molar-refractivity contribution >= 4 is 65.6 Å². The van der Waals surface area contributed by atoms with Gasteiger partial charge < -0.3 is 13.6 Å². The number of hydrogen-bond acceptors (Lipinski definition) is 4. The molecule has 0 spiro atoms. The van der Waals surface area contributed by atoms with Crippen molar-refractivity contribution in [2.45, 2.75) is 51.4 Å². The molecule has 14 rings (SSSR count). The van der Waals surface area contributed by atoms with Crippen molar-refractivity contribution < 1.29 is 4.42 Å². The minimum absolute atomic E-state index is 0.167. The van der Waals surface area contributed by atoms with Crippen LogP contribution in [0.4, 0.5) is 0 Å². The van der Waals surface area contributed by atoms with Gasteiger partial charge >= 0.3 is 0 Å². The molecule has 4 atom stereocenters. The van der Waals surface area contributed by atoms with Crippen LogP contribution in [0.2, 0.25) is 0 Å². The Balaban J connectivity index is 1.09. The molecule has 6 heteroatoms. The zero-order valence-corrected chi connectivity index (χ0v) is 38.2. The molecule has 0 aliphatic heterocycles. The van der Waals surface area contributed by atoms with Crippen LogP contribution in [-0.4, -0.2) is 24.1 Å². The molecule has 6 nitrogen and oxygen atoms in total. The summed E-state index contributed by atoms with van der Waals surface area (Å²) in [6.45, 7) is 4.89. The van der Waals surface area contributed by atoms with Gasteiger partial charge in [0.2, 0.25) is 0 Å². The topological polar surface area (TPSA) is 61.7 Å². The fourth-order valence-corrected chi connectivity index (χ4v) is 13.2. The molecule has 2 bridgehead atoms. The lowest BCUT2D eigenvalue weighted by molar-refractivity contribution is 0.0720. The Morgan fingerprint density at radius 2 is 1.01 bits per heavy atom. The Morgan fingerprint density at radius 3 is 1.74 bits per heavy atom. The van der Waals surface area contributed by atoms with Crippen molar-refractivity contribution in [3.63, 3.8) is 0 Å². The monoisotopic (exact) mass is 879 g/mol. The molecule has 0 saturated heterocycles. The number of para-hydroxylation sites is 6. The standard InChI is InChI=1S/C62H49N5O/c1-38-33-40-34-39(2)36-62(35-38,37-40)61-64-59(47-22-9-14-29-53(47)67-52-28-13-8-21-45(52)46-31-32-55-56(58(46)67)48-23-10-15-30-54(48)68-55)63-60(65-61)49-25-16-24-42(41-17-4-3-5-18-41)57(49)66-50-26-11-6-19-43(50)44-20-7-12-27-51(44)66/h3-32,38-40H,33-37H2,1-2H3/t38-,39+,40?,62?. The second-order valence-corrected chi connectivity index (χ2v) is 20.0. The Hall–Kier alpha value is -7.83. The summed E-state index contributed by atoms with van der Waals surface area (Å²) >= 11 is 0. The van der Waals surface area contributed by atoms with Gasteiger partial charge in [-0.1, -0.05) is 141 Å². The van der Waals surface area contributed by atoms with E-state index in [0.29, 0.717) is 29.4 Å². The summed E-state index contributed by atoms with van der Waals surface area (Å²) in [6, 6.07) is 65.3. The Bertz CT molecular complexity index is 3900. The van der Waals surface area contributed by atoms with E-state index in [1.54, 1.807) is 0 Å². The summed E-state index contributed by atoms with van der Waals surface area (Å²) in [7, 11) is 0. The molecular weight excluding hydrogens is 831 g/mol. The van der Waals surface area contributed by atoms with Crippen molar-refractivity contribution in [3.05, 3.63) is 188 Å². The minimum Gasteiger partial charge on any atom is -0.456 e. The normalized spacial score (nSPS) is 19.5. The van der Waals surface area contributed by atoms with Gasteiger partial charge in [-0.3, -0.25) is 0 Å².